The smallest absolute Gasteiger partial charge is 0.450 e. The van der Waals surface area contributed by atoms with Gasteiger partial charge in [0.25, 0.3) is 0 Å². The molecule has 0 fully saturated rings. The normalized spacial score (nSPS) is 12.2. The van der Waals surface area contributed by atoms with E-state index in [9.17, 15) is 22.8 Å². The molecule has 1 aromatic heterocycles. The monoisotopic (exact) mass is 438 g/mol. The van der Waals surface area contributed by atoms with Crippen molar-refractivity contribution >= 4 is 28.5 Å². The quantitative estimate of drug-likeness (QED) is 0.347. The molecule has 158 valence electrons. The Morgan fingerprint density at radius 1 is 1.10 bits per heavy atom. The molecule has 0 aliphatic rings. The van der Waals surface area contributed by atoms with Crippen molar-refractivity contribution in [3.05, 3.63) is 63.5 Å². The standard InChI is InChI=1S/C22H18ClF3O4/c1-21(2,3)11-17(27)29-12-8-9-14-16(10-12)30-20(22(24,25)26)18(19(14)28)13-6-4-5-7-15(13)23/h4-10H,11H2,1-3H3. The first-order chi connectivity index (χ1) is 13.9. The molecule has 2 aromatic carbocycles. The van der Waals surface area contributed by atoms with Crippen LogP contribution in [0.3, 0.4) is 0 Å². The zero-order chi connectivity index (χ0) is 22.3. The Bertz CT molecular complexity index is 1170. The van der Waals surface area contributed by atoms with E-state index in [2.05, 4.69) is 0 Å². The van der Waals surface area contributed by atoms with Gasteiger partial charge in [0.2, 0.25) is 11.2 Å². The van der Waals surface area contributed by atoms with Crippen molar-refractivity contribution < 1.29 is 27.1 Å². The lowest BCUT2D eigenvalue weighted by Gasteiger charge is -2.17. The summed E-state index contributed by atoms with van der Waals surface area (Å²) >= 11 is 6.03. The average molecular weight is 439 g/mol. The maximum atomic E-state index is 13.7. The van der Waals surface area contributed by atoms with E-state index in [1.165, 1.54) is 30.3 Å². The fourth-order valence-corrected chi connectivity index (χ4v) is 3.18. The molecule has 0 saturated carbocycles. The second kappa shape index (κ2) is 7.80. The summed E-state index contributed by atoms with van der Waals surface area (Å²) in [5.41, 5.74) is -2.30. The van der Waals surface area contributed by atoms with Gasteiger partial charge in [-0.15, -0.1) is 0 Å². The molecule has 0 radical (unpaired) electrons. The molecular formula is C22H18ClF3O4. The van der Waals surface area contributed by atoms with Crippen LogP contribution in [0.1, 0.15) is 33.0 Å². The third kappa shape index (κ3) is 4.67. The first-order valence-electron chi connectivity index (χ1n) is 9.00. The molecule has 0 amide bonds. The number of hydrogen-bond donors (Lipinski definition) is 0. The Morgan fingerprint density at radius 3 is 2.37 bits per heavy atom. The van der Waals surface area contributed by atoms with E-state index in [0.717, 1.165) is 6.07 Å². The van der Waals surface area contributed by atoms with Gasteiger partial charge in [0.15, 0.2) is 0 Å². The number of carbonyl (C=O) groups is 1. The van der Waals surface area contributed by atoms with Crippen molar-refractivity contribution in [3.8, 4) is 16.9 Å². The lowest BCUT2D eigenvalue weighted by atomic mass is 9.92. The van der Waals surface area contributed by atoms with Gasteiger partial charge < -0.3 is 9.15 Å². The summed E-state index contributed by atoms with van der Waals surface area (Å²) in [4.78, 5) is 25.0. The molecule has 0 spiro atoms. The fourth-order valence-electron chi connectivity index (χ4n) is 2.95. The van der Waals surface area contributed by atoms with Gasteiger partial charge in [-0.25, -0.2) is 0 Å². The highest BCUT2D eigenvalue weighted by Crippen LogP contribution is 2.39. The van der Waals surface area contributed by atoms with Crippen LogP contribution in [0.15, 0.2) is 51.7 Å². The number of esters is 1. The van der Waals surface area contributed by atoms with Crippen LogP contribution in [0.2, 0.25) is 5.02 Å². The van der Waals surface area contributed by atoms with E-state index in [4.69, 9.17) is 20.8 Å². The van der Waals surface area contributed by atoms with E-state index in [1.807, 2.05) is 20.8 Å². The molecule has 0 saturated heterocycles. The van der Waals surface area contributed by atoms with Crippen LogP contribution in [0.4, 0.5) is 13.2 Å². The van der Waals surface area contributed by atoms with Crippen molar-refractivity contribution in [2.75, 3.05) is 0 Å². The Hall–Kier alpha value is -2.80. The minimum atomic E-state index is -4.94. The van der Waals surface area contributed by atoms with Crippen molar-refractivity contribution in [1.29, 1.82) is 0 Å². The van der Waals surface area contributed by atoms with Crippen molar-refractivity contribution in [2.45, 2.75) is 33.4 Å². The molecule has 3 rings (SSSR count). The summed E-state index contributed by atoms with van der Waals surface area (Å²) in [5.74, 6) is -2.03. The molecule has 0 N–H and O–H groups in total. The first-order valence-corrected chi connectivity index (χ1v) is 9.38. The summed E-state index contributed by atoms with van der Waals surface area (Å²) in [5, 5.41) is -0.101. The van der Waals surface area contributed by atoms with Crippen LogP contribution in [0.5, 0.6) is 5.75 Å². The van der Waals surface area contributed by atoms with Gasteiger partial charge in [0.1, 0.15) is 11.3 Å². The van der Waals surface area contributed by atoms with Gasteiger partial charge in [-0.1, -0.05) is 50.6 Å². The molecule has 4 nitrogen and oxygen atoms in total. The summed E-state index contributed by atoms with van der Waals surface area (Å²) < 4.78 is 51.4. The number of fused-ring (bicyclic) bond motifs is 1. The molecule has 0 aliphatic heterocycles. The summed E-state index contributed by atoms with van der Waals surface area (Å²) in [6, 6.07) is 9.42. The first kappa shape index (κ1) is 21.9. The third-order valence-electron chi connectivity index (χ3n) is 4.17. The Morgan fingerprint density at radius 2 is 1.77 bits per heavy atom. The molecule has 1 heterocycles. The predicted octanol–water partition coefficient (Wildman–Crippen LogP) is 6.47. The number of alkyl halides is 3. The number of halogens is 4. The van der Waals surface area contributed by atoms with E-state index in [1.54, 1.807) is 6.07 Å². The fraction of sp³-hybridized carbons (Fsp3) is 0.273. The minimum Gasteiger partial charge on any atom is -0.450 e. The lowest BCUT2D eigenvalue weighted by molar-refractivity contribution is -0.152. The second-order valence-corrected chi connectivity index (χ2v) is 8.39. The third-order valence-corrected chi connectivity index (χ3v) is 4.50. The maximum absolute atomic E-state index is 13.7. The highest BCUT2D eigenvalue weighted by atomic mass is 35.5. The number of carbonyl (C=O) groups excluding carboxylic acids is 1. The van der Waals surface area contributed by atoms with Crippen LogP contribution >= 0.6 is 11.6 Å². The average Bonchev–Trinajstić information content (AvgIpc) is 2.60. The van der Waals surface area contributed by atoms with Gasteiger partial charge in [-0.05, 0) is 23.6 Å². The molecule has 0 unspecified atom stereocenters. The summed E-state index contributed by atoms with van der Waals surface area (Å²) in [6.07, 6.45) is -4.84. The van der Waals surface area contributed by atoms with Crippen LogP contribution in [0.25, 0.3) is 22.1 Å². The number of hydrogen-bond acceptors (Lipinski definition) is 4. The van der Waals surface area contributed by atoms with Crippen LogP contribution in [-0.2, 0) is 11.0 Å². The van der Waals surface area contributed by atoms with Crippen molar-refractivity contribution in [1.82, 2.24) is 0 Å². The topological polar surface area (TPSA) is 56.5 Å². The molecular weight excluding hydrogens is 421 g/mol. The van der Waals surface area contributed by atoms with E-state index in [0.29, 0.717) is 0 Å². The molecule has 8 heteroatoms. The number of rotatable bonds is 3. The highest BCUT2D eigenvalue weighted by Gasteiger charge is 2.39. The Kier molecular flexibility index (Phi) is 5.69. The van der Waals surface area contributed by atoms with E-state index in [-0.39, 0.29) is 39.1 Å². The van der Waals surface area contributed by atoms with Gasteiger partial charge in [-0.2, -0.15) is 13.2 Å². The molecule has 0 bridgehead atoms. The van der Waals surface area contributed by atoms with E-state index < -0.39 is 28.9 Å². The van der Waals surface area contributed by atoms with Crippen LogP contribution in [-0.4, -0.2) is 5.97 Å². The molecule has 30 heavy (non-hydrogen) atoms. The summed E-state index contributed by atoms with van der Waals surface area (Å²) in [7, 11) is 0. The van der Waals surface area contributed by atoms with Gasteiger partial charge in [0.05, 0.1) is 17.4 Å². The number of ether oxygens (including phenoxy) is 1. The number of benzene rings is 2. The zero-order valence-corrected chi connectivity index (χ0v) is 17.1. The van der Waals surface area contributed by atoms with Crippen LogP contribution in [0, 0.1) is 5.41 Å². The molecule has 0 atom stereocenters. The van der Waals surface area contributed by atoms with Gasteiger partial charge in [0, 0.05) is 16.7 Å². The van der Waals surface area contributed by atoms with Crippen molar-refractivity contribution in [2.24, 2.45) is 5.41 Å². The lowest BCUT2D eigenvalue weighted by Crippen LogP contribution is -2.18. The summed E-state index contributed by atoms with van der Waals surface area (Å²) in [6.45, 7) is 5.54. The van der Waals surface area contributed by atoms with Crippen LogP contribution < -0.4 is 10.2 Å². The van der Waals surface area contributed by atoms with E-state index >= 15 is 0 Å². The Balaban J connectivity index is 2.17. The highest BCUT2D eigenvalue weighted by molar-refractivity contribution is 6.33. The minimum absolute atomic E-state index is 0.0117. The zero-order valence-electron chi connectivity index (χ0n) is 16.4. The largest absolute Gasteiger partial charge is 0.450 e. The Labute approximate surface area is 175 Å². The predicted molar refractivity (Wildman–Crippen MR) is 108 cm³/mol. The SMILES string of the molecule is CC(C)(C)CC(=O)Oc1ccc2c(=O)c(-c3ccccc3Cl)c(C(F)(F)F)oc2c1. The van der Waals surface area contributed by atoms with Crippen molar-refractivity contribution in [3.63, 3.8) is 0 Å². The van der Waals surface area contributed by atoms with Gasteiger partial charge in [-0.3, -0.25) is 9.59 Å². The van der Waals surface area contributed by atoms with Gasteiger partial charge >= 0.3 is 12.1 Å². The molecule has 3 aromatic rings. The molecule has 0 aliphatic carbocycles. The second-order valence-electron chi connectivity index (χ2n) is 7.98. The maximum Gasteiger partial charge on any atom is 0.450 e.